The summed E-state index contributed by atoms with van der Waals surface area (Å²) in [6.07, 6.45) is 3.71. The maximum Gasteiger partial charge on any atom is 0.407 e. The molecular formula is C10H12F4O2S. The summed E-state index contributed by atoms with van der Waals surface area (Å²) in [4.78, 5) is 0. The predicted octanol–water partition coefficient (Wildman–Crippen LogP) is 2.47. The van der Waals surface area contributed by atoms with Crippen LogP contribution in [0.2, 0.25) is 0 Å². The number of rotatable bonds is 3. The molecule has 0 N–H and O–H groups in total. The first-order valence-electron chi connectivity index (χ1n) is 5.21. The minimum atomic E-state index is -5.12. The molecule has 98 valence electrons. The Morgan fingerprint density at radius 1 is 1.12 bits per heavy atom. The summed E-state index contributed by atoms with van der Waals surface area (Å²) in [5.74, 6) is -6.85. The second-order valence-corrected chi connectivity index (χ2v) is 6.86. The molecule has 1 fully saturated rings. The van der Waals surface area contributed by atoms with Crippen molar-refractivity contribution in [3.63, 3.8) is 0 Å². The van der Waals surface area contributed by atoms with Crippen LogP contribution in [0.5, 0.6) is 0 Å². The van der Waals surface area contributed by atoms with E-state index in [2.05, 4.69) is 0 Å². The van der Waals surface area contributed by atoms with Crippen LogP contribution >= 0.6 is 0 Å². The Kier molecular flexibility index (Phi) is 2.62. The van der Waals surface area contributed by atoms with Gasteiger partial charge >= 0.3 is 11.2 Å². The Morgan fingerprint density at radius 2 is 1.71 bits per heavy atom. The van der Waals surface area contributed by atoms with Crippen molar-refractivity contribution in [2.24, 2.45) is 17.8 Å². The number of halogens is 4. The Bertz CT molecular complexity index is 455. The Labute approximate surface area is 96.6 Å². The summed E-state index contributed by atoms with van der Waals surface area (Å²) in [6.45, 7) is 0. The summed E-state index contributed by atoms with van der Waals surface area (Å²) >= 11 is 0. The molecule has 3 unspecified atom stereocenters. The lowest BCUT2D eigenvalue weighted by molar-refractivity contribution is -0.194. The van der Waals surface area contributed by atoms with Crippen molar-refractivity contribution < 1.29 is 26.0 Å². The molecule has 2 aliphatic carbocycles. The van der Waals surface area contributed by atoms with Crippen molar-refractivity contribution in [2.75, 3.05) is 6.26 Å². The molecule has 0 aromatic rings. The highest BCUT2D eigenvalue weighted by molar-refractivity contribution is 7.91. The highest BCUT2D eigenvalue weighted by Crippen LogP contribution is 2.55. The van der Waals surface area contributed by atoms with Crippen LogP contribution in [0.25, 0.3) is 0 Å². The van der Waals surface area contributed by atoms with Gasteiger partial charge in [-0.3, -0.25) is 0 Å². The lowest BCUT2D eigenvalue weighted by Crippen LogP contribution is -2.52. The predicted molar refractivity (Wildman–Crippen MR) is 53.6 cm³/mol. The second-order valence-electron chi connectivity index (χ2n) is 4.80. The average molecular weight is 272 g/mol. The molecule has 0 radical (unpaired) electrons. The van der Waals surface area contributed by atoms with Crippen LogP contribution in [-0.2, 0) is 9.84 Å². The number of allylic oxidation sites excluding steroid dienone is 2. The normalized spacial score (nSPS) is 33.4. The van der Waals surface area contributed by atoms with Crippen LogP contribution < -0.4 is 0 Å². The first kappa shape index (κ1) is 12.9. The molecular weight excluding hydrogens is 260 g/mol. The zero-order valence-electron chi connectivity index (χ0n) is 9.04. The topological polar surface area (TPSA) is 34.1 Å². The fraction of sp³-hybridized carbons (Fsp3) is 0.800. The third-order valence-electron chi connectivity index (χ3n) is 3.60. The summed E-state index contributed by atoms with van der Waals surface area (Å²) in [6, 6.07) is 0. The standard InChI is InChI=1S/C10H12F4O2S/c1-17(15,16)10(13,14)9(11,12)8-5-6-2-3-7(8)4-6/h2-3,6-8H,4-5H2,1H3. The van der Waals surface area contributed by atoms with Gasteiger partial charge in [0.1, 0.15) is 0 Å². The zero-order chi connectivity index (χ0) is 13.1. The van der Waals surface area contributed by atoms with Crippen molar-refractivity contribution in [3.8, 4) is 0 Å². The lowest BCUT2D eigenvalue weighted by Gasteiger charge is -2.33. The zero-order valence-corrected chi connectivity index (χ0v) is 9.85. The van der Waals surface area contributed by atoms with Crippen LogP contribution in [0.4, 0.5) is 17.6 Å². The lowest BCUT2D eigenvalue weighted by atomic mass is 9.87. The van der Waals surface area contributed by atoms with Crippen molar-refractivity contribution in [1.29, 1.82) is 0 Å². The quantitative estimate of drug-likeness (QED) is 0.584. The Hall–Kier alpha value is -0.590. The van der Waals surface area contributed by atoms with Gasteiger partial charge in [-0.15, -0.1) is 0 Å². The first-order chi connectivity index (χ1) is 7.57. The molecule has 0 amide bonds. The van der Waals surface area contributed by atoms with Crippen LogP contribution in [0.15, 0.2) is 12.2 Å². The summed E-state index contributed by atoms with van der Waals surface area (Å²) in [5, 5.41) is -5.00. The van der Waals surface area contributed by atoms with E-state index < -0.39 is 32.9 Å². The summed E-state index contributed by atoms with van der Waals surface area (Å²) in [7, 11) is -5.12. The number of sulfone groups is 1. The van der Waals surface area contributed by atoms with Gasteiger partial charge in [0.2, 0.25) is 9.84 Å². The van der Waals surface area contributed by atoms with E-state index in [9.17, 15) is 26.0 Å². The second kappa shape index (κ2) is 3.46. The van der Waals surface area contributed by atoms with Gasteiger partial charge in [-0.2, -0.15) is 17.6 Å². The molecule has 0 aromatic heterocycles. The van der Waals surface area contributed by atoms with E-state index in [-0.39, 0.29) is 18.6 Å². The van der Waals surface area contributed by atoms with E-state index in [1.807, 2.05) is 0 Å². The van der Waals surface area contributed by atoms with E-state index >= 15 is 0 Å². The van der Waals surface area contributed by atoms with E-state index in [0.717, 1.165) is 0 Å². The van der Waals surface area contributed by atoms with E-state index in [0.29, 0.717) is 6.42 Å². The Balaban J connectivity index is 2.34. The van der Waals surface area contributed by atoms with Crippen LogP contribution in [0, 0.1) is 17.8 Å². The van der Waals surface area contributed by atoms with Gasteiger partial charge in [0.25, 0.3) is 0 Å². The van der Waals surface area contributed by atoms with E-state index in [1.165, 1.54) is 6.08 Å². The van der Waals surface area contributed by atoms with Crippen LogP contribution in [0.3, 0.4) is 0 Å². The third kappa shape index (κ3) is 1.70. The minimum absolute atomic E-state index is 0.0702. The maximum absolute atomic E-state index is 13.7. The molecule has 0 spiro atoms. The van der Waals surface area contributed by atoms with Gasteiger partial charge in [-0.1, -0.05) is 12.2 Å². The molecule has 2 rings (SSSR count). The minimum Gasteiger partial charge on any atom is -0.223 e. The van der Waals surface area contributed by atoms with Gasteiger partial charge in [-0.05, 0) is 24.7 Å². The van der Waals surface area contributed by atoms with Crippen LogP contribution in [0.1, 0.15) is 12.8 Å². The highest BCUT2D eigenvalue weighted by atomic mass is 32.2. The third-order valence-corrected chi connectivity index (χ3v) is 4.80. The number of alkyl halides is 4. The van der Waals surface area contributed by atoms with Crippen LogP contribution in [-0.4, -0.2) is 25.9 Å². The molecule has 2 nitrogen and oxygen atoms in total. The molecule has 2 aliphatic rings. The average Bonchev–Trinajstić information content (AvgIpc) is 2.76. The Morgan fingerprint density at radius 3 is 2.06 bits per heavy atom. The van der Waals surface area contributed by atoms with Gasteiger partial charge < -0.3 is 0 Å². The molecule has 0 saturated heterocycles. The number of fused-ring (bicyclic) bond motifs is 2. The van der Waals surface area contributed by atoms with Crippen molar-refractivity contribution in [3.05, 3.63) is 12.2 Å². The number of hydrogen-bond acceptors (Lipinski definition) is 2. The monoisotopic (exact) mass is 272 g/mol. The first-order valence-corrected chi connectivity index (χ1v) is 7.10. The molecule has 1 saturated carbocycles. The van der Waals surface area contributed by atoms with E-state index in [4.69, 9.17) is 0 Å². The molecule has 17 heavy (non-hydrogen) atoms. The highest BCUT2D eigenvalue weighted by Gasteiger charge is 2.69. The molecule has 0 aromatic carbocycles. The molecule has 2 bridgehead atoms. The largest absolute Gasteiger partial charge is 0.407 e. The summed E-state index contributed by atoms with van der Waals surface area (Å²) in [5.41, 5.74) is 0. The van der Waals surface area contributed by atoms with Gasteiger partial charge in [0, 0.05) is 12.2 Å². The fourth-order valence-electron chi connectivity index (χ4n) is 2.66. The SMILES string of the molecule is CS(=O)(=O)C(F)(F)C(F)(F)C1CC2C=CC1C2. The van der Waals surface area contributed by atoms with Crippen molar-refractivity contribution in [2.45, 2.75) is 24.0 Å². The molecule has 7 heteroatoms. The smallest absolute Gasteiger partial charge is 0.223 e. The summed E-state index contributed by atoms with van der Waals surface area (Å²) < 4.78 is 75.7. The number of hydrogen-bond donors (Lipinski definition) is 0. The van der Waals surface area contributed by atoms with Gasteiger partial charge in [0.05, 0.1) is 0 Å². The fourth-order valence-corrected chi connectivity index (χ4v) is 3.31. The van der Waals surface area contributed by atoms with Crippen molar-refractivity contribution in [1.82, 2.24) is 0 Å². The molecule has 0 heterocycles. The van der Waals surface area contributed by atoms with Crippen molar-refractivity contribution >= 4 is 9.84 Å². The molecule has 3 atom stereocenters. The molecule has 0 aliphatic heterocycles. The van der Waals surface area contributed by atoms with Gasteiger partial charge in [-0.25, -0.2) is 8.42 Å². The maximum atomic E-state index is 13.7. The van der Waals surface area contributed by atoms with Gasteiger partial charge in [0.15, 0.2) is 0 Å². The van der Waals surface area contributed by atoms with E-state index in [1.54, 1.807) is 6.08 Å².